The van der Waals surface area contributed by atoms with Crippen molar-refractivity contribution in [2.45, 2.75) is 63.2 Å². The maximum absolute atomic E-state index is 12.9. The molecule has 1 fully saturated rings. The monoisotopic (exact) mass is 302 g/mol. The van der Waals surface area contributed by atoms with E-state index in [9.17, 15) is 4.55 Å². The number of hydrogen-bond acceptors (Lipinski definition) is 1. The smallest absolute Gasteiger partial charge is 0.180 e. The van der Waals surface area contributed by atoms with E-state index in [1.807, 2.05) is 30.3 Å². The maximum Gasteiger partial charge on any atom is 0.180 e. The van der Waals surface area contributed by atoms with Gasteiger partial charge in [0.25, 0.3) is 0 Å². The predicted octanol–water partition coefficient (Wildman–Crippen LogP) is 5.60. The second-order valence-electron chi connectivity index (χ2n) is 5.77. The van der Waals surface area contributed by atoms with Crippen LogP contribution in [0, 0.1) is 5.92 Å². The Bertz CT molecular complexity index is 468. The minimum absolute atomic E-state index is 0.456. The van der Waals surface area contributed by atoms with Crippen LogP contribution >= 0.6 is 0 Å². The normalized spacial score (nSPS) is 17.0. The Balaban J connectivity index is 2.20. The molecule has 0 bridgehead atoms. The van der Waals surface area contributed by atoms with Gasteiger partial charge < -0.3 is 4.55 Å². The van der Waals surface area contributed by atoms with Crippen molar-refractivity contribution in [3.05, 3.63) is 47.0 Å². The Morgan fingerprint density at radius 1 is 1.24 bits per heavy atom. The maximum atomic E-state index is 12.9. The van der Waals surface area contributed by atoms with Crippen LogP contribution in [0.2, 0.25) is 0 Å². The average molecular weight is 302 g/mol. The van der Waals surface area contributed by atoms with Crippen molar-refractivity contribution >= 4 is 11.2 Å². The Morgan fingerprint density at radius 3 is 2.62 bits per heavy atom. The van der Waals surface area contributed by atoms with Gasteiger partial charge in [-0.1, -0.05) is 56.5 Å². The van der Waals surface area contributed by atoms with E-state index in [1.165, 1.54) is 44.9 Å². The highest BCUT2D eigenvalue weighted by Crippen LogP contribution is 2.34. The highest BCUT2D eigenvalue weighted by molar-refractivity contribution is 7.95. The van der Waals surface area contributed by atoms with Gasteiger partial charge in [0.2, 0.25) is 0 Å². The van der Waals surface area contributed by atoms with Crippen LogP contribution in [-0.4, -0.2) is 4.55 Å². The molecule has 0 spiro atoms. The summed E-state index contributed by atoms with van der Waals surface area (Å²) in [7, 11) is 0. The van der Waals surface area contributed by atoms with Gasteiger partial charge in [-0.25, -0.2) is 0 Å². The number of unbranched alkanes of at least 4 members (excludes halogenated alkanes) is 2. The van der Waals surface area contributed by atoms with E-state index >= 15 is 0 Å². The van der Waals surface area contributed by atoms with Crippen LogP contribution < -0.4 is 0 Å². The lowest BCUT2D eigenvalue weighted by atomic mass is 9.89. The fourth-order valence-electron chi connectivity index (χ4n) is 2.84. The fourth-order valence-corrected chi connectivity index (χ4v) is 4.22. The summed E-state index contributed by atoms with van der Waals surface area (Å²) in [4.78, 5) is 1.94. The van der Waals surface area contributed by atoms with Gasteiger partial charge in [-0.3, -0.25) is 0 Å². The van der Waals surface area contributed by atoms with Gasteiger partial charge in [-0.05, 0) is 43.9 Å². The molecule has 1 aliphatic carbocycles. The first-order valence-electron chi connectivity index (χ1n) is 8.24. The molecule has 21 heavy (non-hydrogen) atoms. The number of allylic oxidation sites excluding steroid dienone is 1. The topological polar surface area (TPSA) is 23.1 Å². The number of benzene rings is 1. The lowest BCUT2D eigenvalue weighted by Gasteiger charge is -2.23. The molecule has 0 N–H and O–H groups in total. The van der Waals surface area contributed by atoms with Crippen molar-refractivity contribution in [3.8, 4) is 0 Å². The van der Waals surface area contributed by atoms with Gasteiger partial charge in [0.15, 0.2) is 9.80 Å². The van der Waals surface area contributed by atoms with Gasteiger partial charge in [0.05, 0.1) is 0 Å². The van der Waals surface area contributed by atoms with Crippen molar-refractivity contribution in [3.63, 3.8) is 0 Å². The molecule has 0 radical (unpaired) electrons. The van der Waals surface area contributed by atoms with Crippen molar-refractivity contribution in [2.75, 3.05) is 0 Å². The van der Waals surface area contributed by atoms with E-state index in [2.05, 4.69) is 18.7 Å². The highest BCUT2D eigenvalue weighted by atomic mass is 32.2. The molecule has 1 nitrogen and oxygen atoms in total. The summed E-state index contributed by atoms with van der Waals surface area (Å²) in [6, 6.07) is 9.83. The van der Waals surface area contributed by atoms with Gasteiger partial charge in [0, 0.05) is 17.1 Å². The van der Waals surface area contributed by atoms with Gasteiger partial charge in [0.1, 0.15) is 0 Å². The minimum atomic E-state index is -1.05. The molecule has 1 aromatic carbocycles. The van der Waals surface area contributed by atoms with Gasteiger partial charge in [-0.15, -0.1) is 0 Å². The second-order valence-corrected chi connectivity index (χ2v) is 7.22. The molecule has 1 aliphatic rings. The average Bonchev–Trinajstić information content (AvgIpc) is 2.56. The Labute approximate surface area is 132 Å². The molecule has 1 atom stereocenters. The van der Waals surface area contributed by atoms with Gasteiger partial charge >= 0.3 is 0 Å². The largest absolute Gasteiger partial charge is 0.606 e. The predicted molar refractivity (Wildman–Crippen MR) is 90.5 cm³/mol. The van der Waals surface area contributed by atoms with Crippen LogP contribution in [0.4, 0.5) is 0 Å². The SMILES string of the molecule is CCCCC=C=C(C1CCCCC1)[S+]([O-])c1ccccc1. The summed E-state index contributed by atoms with van der Waals surface area (Å²) >= 11 is -1.05. The molecule has 2 rings (SSSR count). The molecule has 0 heterocycles. The molecule has 1 unspecified atom stereocenters. The van der Waals surface area contributed by atoms with E-state index in [1.54, 1.807) is 0 Å². The summed E-state index contributed by atoms with van der Waals surface area (Å²) in [6.07, 6.45) is 11.7. The van der Waals surface area contributed by atoms with E-state index < -0.39 is 11.2 Å². The molecule has 0 amide bonds. The molecular weight excluding hydrogens is 276 g/mol. The zero-order valence-corrected chi connectivity index (χ0v) is 13.8. The van der Waals surface area contributed by atoms with Crippen molar-refractivity contribution in [1.82, 2.24) is 0 Å². The third-order valence-corrected chi connectivity index (χ3v) is 5.63. The zero-order valence-electron chi connectivity index (χ0n) is 13.0. The van der Waals surface area contributed by atoms with Crippen LogP contribution in [0.15, 0.2) is 51.9 Å². The van der Waals surface area contributed by atoms with Crippen molar-refractivity contribution < 1.29 is 4.55 Å². The quantitative estimate of drug-likeness (QED) is 0.381. The molecule has 0 aliphatic heterocycles. The fraction of sp³-hybridized carbons (Fsp3) is 0.526. The van der Waals surface area contributed by atoms with Crippen LogP contribution in [0.5, 0.6) is 0 Å². The summed E-state index contributed by atoms with van der Waals surface area (Å²) in [5, 5.41) is 0. The van der Waals surface area contributed by atoms with Crippen LogP contribution in [0.1, 0.15) is 58.3 Å². The summed E-state index contributed by atoms with van der Waals surface area (Å²) in [6.45, 7) is 2.20. The van der Waals surface area contributed by atoms with Crippen molar-refractivity contribution in [2.24, 2.45) is 5.92 Å². The van der Waals surface area contributed by atoms with E-state index in [4.69, 9.17) is 0 Å². The highest BCUT2D eigenvalue weighted by Gasteiger charge is 2.28. The number of hydrogen-bond donors (Lipinski definition) is 0. The number of rotatable bonds is 6. The first-order valence-corrected chi connectivity index (χ1v) is 9.39. The molecular formula is C19H26OS. The molecule has 1 aromatic rings. The van der Waals surface area contributed by atoms with E-state index in [0.29, 0.717) is 5.92 Å². The third-order valence-electron chi connectivity index (χ3n) is 4.08. The first kappa shape index (κ1) is 16.4. The molecule has 0 saturated heterocycles. The van der Waals surface area contributed by atoms with Crippen LogP contribution in [0.25, 0.3) is 0 Å². The molecule has 114 valence electrons. The van der Waals surface area contributed by atoms with E-state index in [0.717, 1.165) is 16.2 Å². The molecule has 2 heteroatoms. The van der Waals surface area contributed by atoms with Crippen molar-refractivity contribution in [1.29, 1.82) is 0 Å². The Morgan fingerprint density at radius 2 is 1.95 bits per heavy atom. The second kappa shape index (κ2) is 9.15. The Hall–Kier alpha value is -0.950. The third kappa shape index (κ3) is 5.07. The first-order chi connectivity index (χ1) is 10.3. The van der Waals surface area contributed by atoms with Crippen LogP contribution in [-0.2, 0) is 11.2 Å². The lowest BCUT2D eigenvalue weighted by molar-refractivity contribution is 0.411. The zero-order chi connectivity index (χ0) is 14.9. The van der Waals surface area contributed by atoms with Crippen LogP contribution in [0.3, 0.4) is 0 Å². The molecule has 0 aromatic heterocycles. The summed E-state index contributed by atoms with van der Waals surface area (Å²) in [5.41, 5.74) is 3.41. The standard InChI is InChI=1S/C19H26OS/c1-2-3-4-11-16-19(17-12-7-5-8-13-17)21(20)18-14-9-6-10-15-18/h6,9-11,14-15,17H,2-5,7-8,12-13H2,1H3. The molecule has 1 saturated carbocycles. The van der Waals surface area contributed by atoms with E-state index in [-0.39, 0.29) is 0 Å². The lowest BCUT2D eigenvalue weighted by Crippen LogP contribution is -2.16. The van der Waals surface area contributed by atoms with Gasteiger partial charge in [-0.2, -0.15) is 0 Å². The Kier molecular flexibility index (Phi) is 7.15. The minimum Gasteiger partial charge on any atom is -0.606 e. The summed E-state index contributed by atoms with van der Waals surface area (Å²) in [5.74, 6) is 0.456. The summed E-state index contributed by atoms with van der Waals surface area (Å²) < 4.78 is 12.9.